The average molecular weight is 462 g/mol. The molecule has 1 aliphatic rings. The van der Waals surface area contributed by atoms with Gasteiger partial charge in [-0.3, -0.25) is 4.98 Å². The van der Waals surface area contributed by atoms with Crippen LogP contribution < -0.4 is 10.5 Å². The second-order valence-electron chi connectivity index (χ2n) is 7.60. The summed E-state index contributed by atoms with van der Waals surface area (Å²) in [4.78, 5) is 21.3. The van der Waals surface area contributed by atoms with Gasteiger partial charge in [0.25, 0.3) is 0 Å². The Morgan fingerprint density at radius 2 is 1.68 bits per heavy atom. The lowest BCUT2D eigenvalue weighted by atomic mass is 9.78. The van der Waals surface area contributed by atoms with Gasteiger partial charge in [-0.1, -0.05) is 24.3 Å². The number of hydrogen-bond donors (Lipinski definition) is 1. The maximum Gasteiger partial charge on any atom is 0.422 e. The standard InChI is InChI=1S/C24H17F3N6O/c25-23(26,27)13-34-20-10-18(6-8-31-20)24(19-5-2-7-32-21(19)22(28)33-24)17-4-1-3-15(9-17)16-11-29-14-30-12-16/h1-12,14H,13H2,(H2,28,33). The van der Waals surface area contributed by atoms with E-state index in [4.69, 9.17) is 15.5 Å². The van der Waals surface area contributed by atoms with Crippen molar-refractivity contribution in [2.45, 2.75) is 11.7 Å². The third-order valence-electron chi connectivity index (χ3n) is 5.44. The van der Waals surface area contributed by atoms with Crippen molar-refractivity contribution in [3.05, 3.63) is 102 Å². The van der Waals surface area contributed by atoms with E-state index in [1.165, 1.54) is 18.6 Å². The number of benzene rings is 1. The number of aliphatic imine (C=N–C) groups is 1. The number of pyridine rings is 2. The molecule has 0 bridgehead atoms. The summed E-state index contributed by atoms with van der Waals surface area (Å²) in [7, 11) is 0. The minimum atomic E-state index is -4.49. The van der Waals surface area contributed by atoms with E-state index < -0.39 is 18.3 Å². The summed E-state index contributed by atoms with van der Waals surface area (Å²) >= 11 is 0. The van der Waals surface area contributed by atoms with Gasteiger partial charge >= 0.3 is 6.18 Å². The largest absolute Gasteiger partial charge is 0.468 e. The van der Waals surface area contributed by atoms with E-state index in [1.807, 2.05) is 30.3 Å². The molecule has 0 aliphatic carbocycles. The molecular weight excluding hydrogens is 445 g/mol. The van der Waals surface area contributed by atoms with Crippen LogP contribution in [0.5, 0.6) is 5.88 Å². The lowest BCUT2D eigenvalue weighted by Crippen LogP contribution is -2.26. The molecule has 5 rings (SSSR count). The molecule has 1 aromatic carbocycles. The molecule has 4 aromatic rings. The second-order valence-corrected chi connectivity index (χ2v) is 7.60. The molecule has 0 amide bonds. The van der Waals surface area contributed by atoms with Gasteiger partial charge in [0, 0.05) is 42.0 Å². The lowest BCUT2D eigenvalue weighted by Gasteiger charge is -2.29. The second kappa shape index (κ2) is 8.22. The number of nitrogens with zero attached hydrogens (tertiary/aromatic N) is 5. The first kappa shape index (κ1) is 21.5. The van der Waals surface area contributed by atoms with Gasteiger partial charge in [-0.15, -0.1) is 0 Å². The summed E-state index contributed by atoms with van der Waals surface area (Å²) in [6.07, 6.45) is 3.33. The molecule has 1 unspecified atom stereocenters. The first-order valence-electron chi connectivity index (χ1n) is 10.2. The van der Waals surface area contributed by atoms with Gasteiger partial charge in [0.15, 0.2) is 6.61 Å². The molecule has 0 fully saturated rings. The Morgan fingerprint density at radius 1 is 0.882 bits per heavy atom. The van der Waals surface area contributed by atoms with Crippen LogP contribution >= 0.6 is 0 Å². The summed E-state index contributed by atoms with van der Waals surface area (Å²) in [5, 5.41) is 0. The molecule has 0 radical (unpaired) electrons. The maximum absolute atomic E-state index is 12.7. The minimum Gasteiger partial charge on any atom is -0.468 e. The maximum atomic E-state index is 12.7. The number of aromatic nitrogens is 4. The molecule has 0 saturated heterocycles. The van der Waals surface area contributed by atoms with Crippen molar-refractivity contribution in [2.24, 2.45) is 10.7 Å². The van der Waals surface area contributed by atoms with Crippen LogP contribution in [0.25, 0.3) is 11.1 Å². The zero-order valence-corrected chi connectivity index (χ0v) is 17.6. The third kappa shape index (κ3) is 3.83. The SMILES string of the molecule is NC1=NC(c2cccc(-c3cncnc3)c2)(c2ccnc(OCC(F)(F)F)c2)c2cccnc21. The van der Waals surface area contributed by atoms with E-state index in [9.17, 15) is 13.2 Å². The molecule has 3 aromatic heterocycles. The van der Waals surface area contributed by atoms with Crippen LogP contribution in [0.2, 0.25) is 0 Å². The Bertz CT molecular complexity index is 1380. The minimum absolute atomic E-state index is 0.173. The van der Waals surface area contributed by atoms with Gasteiger partial charge < -0.3 is 10.5 Å². The molecule has 10 heteroatoms. The van der Waals surface area contributed by atoms with Crippen molar-refractivity contribution in [3.63, 3.8) is 0 Å². The molecule has 0 spiro atoms. The summed E-state index contributed by atoms with van der Waals surface area (Å²) in [6, 6.07) is 14.3. The molecule has 0 saturated carbocycles. The van der Waals surface area contributed by atoms with E-state index in [0.717, 1.165) is 16.7 Å². The number of nitrogens with two attached hydrogens (primary N) is 1. The number of hydrogen-bond acceptors (Lipinski definition) is 7. The number of halogens is 3. The summed E-state index contributed by atoms with van der Waals surface area (Å²) < 4.78 is 43.1. The van der Waals surface area contributed by atoms with Crippen LogP contribution in [0.15, 0.2) is 84.6 Å². The zero-order chi connectivity index (χ0) is 23.8. The molecule has 1 atom stereocenters. The molecule has 2 N–H and O–H groups in total. The molecular formula is C24H17F3N6O. The Kier molecular flexibility index (Phi) is 5.20. The van der Waals surface area contributed by atoms with Crippen molar-refractivity contribution in [1.82, 2.24) is 19.9 Å². The number of fused-ring (bicyclic) bond motifs is 1. The Balaban J connectivity index is 1.70. The predicted molar refractivity (Wildman–Crippen MR) is 118 cm³/mol. The topological polar surface area (TPSA) is 99.2 Å². The first-order valence-corrected chi connectivity index (χ1v) is 10.2. The molecule has 170 valence electrons. The van der Waals surface area contributed by atoms with E-state index in [0.29, 0.717) is 16.8 Å². The summed E-state index contributed by atoms with van der Waals surface area (Å²) in [6.45, 7) is -1.45. The van der Waals surface area contributed by atoms with Crippen molar-refractivity contribution in [1.29, 1.82) is 0 Å². The highest BCUT2D eigenvalue weighted by atomic mass is 19.4. The molecule has 1 aliphatic heterocycles. The normalized spacial score (nSPS) is 17.2. The lowest BCUT2D eigenvalue weighted by molar-refractivity contribution is -0.154. The van der Waals surface area contributed by atoms with Crippen LogP contribution in [0.4, 0.5) is 13.2 Å². The van der Waals surface area contributed by atoms with E-state index in [1.54, 1.807) is 30.7 Å². The Morgan fingerprint density at radius 3 is 2.47 bits per heavy atom. The van der Waals surface area contributed by atoms with Gasteiger partial charge in [-0.2, -0.15) is 13.2 Å². The first-order chi connectivity index (χ1) is 16.4. The third-order valence-corrected chi connectivity index (χ3v) is 5.44. The van der Waals surface area contributed by atoms with Gasteiger partial charge in [0.2, 0.25) is 5.88 Å². The van der Waals surface area contributed by atoms with Crippen LogP contribution in [-0.4, -0.2) is 38.6 Å². The van der Waals surface area contributed by atoms with Crippen LogP contribution in [-0.2, 0) is 5.54 Å². The quantitative estimate of drug-likeness (QED) is 0.483. The van der Waals surface area contributed by atoms with Crippen molar-refractivity contribution in [3.8, 4) is 17.0 Å². The zero-order valence-electron chi connectivity index (χ0n) is 17.6. The van der Waals surface area contributed by atoms with E-state index in [-0.39, 0.29) is 11.7 Å². The van der Waals surface area contributed by atoms with Crippen LogP contribution in [0, 0.1) is 0 Å². The van der Waals surface area contributed by atoms with Gasteiger partial charge in [0.1, 0.15) is 23.4 Å². The number of amidine groups is 1. The van der Waals surface area contributed by atoms with Gasteiger partial charge in [-0.05, 0) is 34.9 Å². The Hall–Kier alpha value is -4.34. The monoisotopic (exact) mass is 462 g/mol. The fourth-order valence-corrected chi connectivity index (χ4v) is 4.04. The van der Waals surface area contributed by atoms with Gasteiger partial charge in [-0.25, -0.2) is 19.9 Å². The Labute approximate surface area is 192 Å². The van der Waals surface area contributed by atoms with Crippen molar-refractivity contribution >= 4 is 5.84 Å². The number of ether oxygens (including phenoxy) is 1. The van der Waals surface area contributed by atoms with E-state index >= 15 is 0 Å². The number of alkyl halides is 3. The highest BCUT2D eigenvalue weighted by molar-refractivity contribution is 6.01. The average Bonchev–Trinajstić information content (AvgIpc) is 3.17. The van der Waals surface area contributed by atoms with Crippen molar-refractivity contribution < 1.29 is 17.9 Å². The molecule has 34 heavy (non-hydrogen) atoms. The highest BCUT2D eigenvalue weighted by Gasteiger charge is 2.44. The summed E-state index contributed by atoms with van der Waals surface area (Å²) in [5.74, 6) is 0.0477. The van der Waals surface area contributed by atoms with E-state index in [2.05, 4.69) is 19.9 Å². The van der Waals surface area contributed by atoms with Gasteiger partial charge in [0.05, 0.1) is 0 Å². The smallest absolute Gasteiger partial charge is 0.422 e. The molecule has 7 nitrogen and oxygen atoms in total. The fraction of sp³-hybridized carbons (Fsp3) is 0.125. The summed E-state index contributed by atoms with van der Waals surface area (Å²) in [5.41, 5.74) is 9.21. The number of rotatable bonds is 5. The fourth-order valence-electron chi connectivity index (χ4n) is 4.04. The van der Waals surface area contributed by atoms with Crippen LogP contribution in [0.1, 0.15) is 22.4 Å². The highest BCUT2D eigenvalue weighted by Crippen LogP contribution is 2.46. The predicted octanol–water partition coefficient (Wildman–Crippen LogP) is 3.89. The van der Waals surface area contributed by atoms with Crippen LogP contribution in [0.3, 0.4) is 0 Å². The molecule has 4 heterocycles. The van der Waals surface area contributed by atoms with Crippen molar-refractivity contribution in [2.75, 3.05) is 6.61 Å².